The van der Waals surface area contributed by atoms with Crippen molar-refractivity contribution in [2.45, 2.75) is 18.6 Å². The Bertz CT molecular complexity index is 537. The molecule has 8 heteroatoms. The fraction of sp³-hybridized carbons (Fsp3) is 0.500. The average molecular weight is 485 g/mol. The monoisotopic (exact) mass is 484 g/mol. The molecule has 0 bridgehead atoms. The zero-order valence-electron chi connectivity index (χ0n) is 14.5. The number of amides is 1. The van der Waals surface area contributed by atoms with Gasteiger partial charge in [-0.3, -0.25) is 9.79 Å². The lowest BCUT2D eigenvalue weighted by molar-refractivity contribution is 0.0954. The molecule has 0 saturated heterocycles. The smallest absolute Gasteiger partial charge is 0.251 e. The summed E-state index contributed by atoms with van der Waals surface area (Å²) in [7, 11) is 1.73. The van der Waals surface area contributed by atoms with Crippen molar-refractivity contribution >= 4 is 59.2 Å². The quantitative estimate of drug-likeness (QED) is 0.241. The van der Waals surface area contributed by atoms with Crippen LogP contribution in [0.5, 0.6) is 0 Å². The van der Waals surface area contributed by atoms with Crippen LogP contribution in [0.25, 0.3) is 0 Å². The van der Waals surface area contributed by atoms with Crippen LogP contribution in [-0.2, 0) is 0 Å². The van der Waals surface area contributed by atoms with Crippen molar-refractivity contribution < 1.29 is 4.79 Å². The van der Waals surface area contributed by atoms with E-state index in [4.69, 9.17) is 11.6 Å². The third kappa shape index (κ3) is 8.98. The van der Waals surface area contributed by atoms with E-state index in [1.165, 1.54) is 0 Å². The van der Waals surface area contributed by atoms with Crippen LogP contribution in [0.2, 0.25) is 5.02 Å². The largest absolute Gasteiger partial charge is 0.355 e. The first-order valence-corrected chi connectivity index (χ1v) is 9.01. The molecule has 1 aromatic rings. The molecule has 0 saturated carbocycles. The topological polar surface area (TPSA) is 65.5 Å². The highest BCUT2D eigenvalue weighted by Gasteiger charge is 2.15. The number of hydrogen-bond acceptors (Lipinski definition) is 3. The van der Waals surface area contributed by atoms with Crippen LogP contribution in [0, 0.1) is 0 Å². The number of aliphatic imine (C=N–C) groups is 1. The van der Waals surface area contributed by atoms with Crippen LogP contribution in [0.15, 0.2) is 29.3 Å². The molecule has 0 unspecified atom stereocenters. The van der Waals surface area contributed by atoms with Gasteiger partial charge in [0.1, 0.15) is 0 Å². The highest BCUT2D eigenvalue weighted by molar-refractivity contribution is 14.0. The Balaban J connectivity index is 0.00000529. The molecule has 1 amide bonds. The first-order valence-electron chi connectivity index (χ1n) is 7.41. The Morgan fingerprint density at radius 1 is 1.17 bits per heavy atom. The highest BCUT2D eigenvalue weighted by Crippen LogP contribution is 2.19. The summed E-state index contributed by atoms with van der Waals surface area (Å²) in [6, 6.07) is 6.81. The maximum Gasteiger partial charge on any atom is 0.251 e. The van der Waals surface area contributed by atoms with Crippen LogP contribution in [-0.4, -0.2) is 49.6 Å². The maximum atomic E-state index is 11.9. The number of thioether (sulfide) groups is 1. The number of rotatable bonds is 7. The van der Waals surface area contributed by atoms with Gasteiger partial charge in [0, 0.05) is 42.0 Å². The summed E-state index contributed by atoms with van der Waals surface area (Å²) in [6.45, 7) is 6.26. The van der Waals surface area contributed by atoms with Crippen LogP contribution in [0.1, 0.15) is 24.2 Å². The summed E-state index contributed by atoms with van der Waals surface area (Å²) < 4.78 is 0.139. The minimum absolute atomic E-state index is 0. The van der Waals surface area contributed by atoms with Gasteiger partial charge in [0.15, 0.2) is 5.96 Å². The second-order valence-electron chi connectivity index (χ2n) is 5.58. The van der Waals surface area contributed by atoms with Crippen molar-refractivity contribution in [1.82, 2.24) is 16.0 Å². The number of guanidine groups is 1. The maximum absolute atomic E-state index is 11.9. The van der Waals surface area contributed by atoms with Crippen molar-refractivity contribution in [3.8, 4) is 0 Å². The fourth-order valence-corrected chi connectivity index (χ4v) is 1.99. The van der Waals surface area contributed by atoms with E-state index in [0.717, 1.165) is 12.5 Å². The van der Waals surface area contributed by atoms with Gasteiger partial charge in [-0.25, -0.2) is 0 Å². The molecule has 0 aliphatic rings. The van der Waals surface area contributed by atoms with Gasteiger partial charge in [-0.1, -0.05) is 11.6 Å². The van der Waals surface area contributed by atoms with Crippen molar-refractivity contribution in [3.05, 3.63) is 34.9 Å². The van der Waals surface area contributed by atoms with E-state index in [9.17, 15) is 4.79 Å². The summed E-state index contributed by atoms with van der Waals surface area (Å²) in [5, 5.41) is 9.92. The minimum atomic E-state index is -0.116. The number of carbonyl (C=O) groups excluding carboxylic acids is 1. The van der Waals surface area contributed by atoms with Gasteiger partial charge in [-0.05, 0) is 44.4 Å². The van der Waals surface area contributed by atoms with E-state index in [0.29, 0.717) is 23.7 Å². The molecule has 0 aliphatic heterocycles. The number of nitrogens with zero attached hydrogens (tertiary/aromatic N) is 1. The van der Waals surface area contributed by atoms with Crippen LogP contribution in [0.3, 0.4) is 0 Å². The average Bonchev–Trinajstić information content (AvgIpc) is 2.54. The molecule has 0 atom stereocenters. The van der Waals surface area contributed by atoms with Crippen LogP contribution < -0.4 is 16.0 Å². The number of nitrogens with one attached hydrogen (secondary N) is 3. The van der Waals surface area contributed by atoms with Gasteiger partial charge in [0.05, 0.1) is 0 Å². The second-order valence-corrected chi connectivity index (χ2v) is 7.53. The predicted octanol–water partition coefficient (Wildman–Crippen LogP) is 2.99. The molecule has 0 aromatic heterocycles. The zero-order chi connectivity index (χ0) is 17.3. The van der Waals surface area contributed by atoms with E-state index < -0.39 is 0 Å². The molecule has 5 nitrogen and oxygen atoms in total. The summed E-state index contributed by atoms with van der Waals surface area (Å²) in [4.78, 5) is 16.1. The zero-order valence-corrected chi connectivity index (χ0v) is 18.4. The molecule has 0 radical (unpaired) electrons. The number of hydrogen-bond donors (Lipinski definition) is 3. The number of benzene rings is 1. The van der Waals surface area contributed by atoms with E-state index in [1.807, 2.05) is 0 Å². The third-order valence-electron chi connectivity index (χ3n) is 3.27. The van der Waals surface area contributed by atoms with Crippen molar-refractivity contribution in [2.24, 2.45) is 4.99 Å². The van der Waals surface area contributed by atoms with Gasteiger partial charge >= 0.3 is 0 Å². The summed E-state index contributed by atoms with van der Waals surface area (Å²) in [5.74, 6) is 0.614. The van der Waals surface area contributed by atoms with E-state index in [2.05, 4.69) is 41.0 Å². The molecule has 1 rings (SSSR count). The van der Waals surface area contributed by atoms with Crippen LogP contribution in [0.4, 0.5) is 0 Å². The fourth-order valence-electron chi connectivity index (χ4n) is 1.65. The summed E-state index contributed by atoms with van der Waals surface area (Å²) >= 11 is 7.60. The number of carbonyl (C=O) groups is 1. The molecule has 0 fully saturated rings. The van der Waals surface area contributed by atoms with Gasteiger partial charge < -0.3 is 16.0 Å². The Kier molecular flexibility index (Phi) is 11.5. The standard InChI is InChI=1S/C16H25ClN4OS.HI/c1-16(2,23-4)11-21-15(18-3)20-10-9-19-14(22)12-5-7-13(17)8-6-12;/h5-8H,9-11H2,1-4H3,(H,19,22)(H2,18,20,21);1H. The molecule has 0 heterocycles. The molecular weight excluding hydrogens is 459 g/mol. The molecule has 24 heavy (non-hydrogen) atoms. The highest BCUT2D eigenvalue weighted by atomic mass is 127. The Morgan fingerprint density at radius 3 is 2.29 bits per heavy atom. The first-order chi connectivity index (χ1) is 10.9. The lowest BCUT2D eigenvalue weighted by Crippen LogP contribution is -2.45. The molecule has 0 spiro atoms. The lowest BCUT2D eigenvalue weighted by Gasteiger charge is -2.23. The number of halogens is 2. The normalized spacial score (nSPS) is 11.5. The van der Waals surface area contributed by atoms with E-state index in [1.54, 1.807) is 43.1 Å². The van der Waals surface area contributed by atoms with Crippen molar-refractivity contribution in [1.29, 1.82) is 0 Å². The van der Waals surface area contributed by atoms with Gasteiger partial charge in [0.2, 0.25) is 0 Å². The second kappa shape index (κ2) is 11.8. The molecule has 136 valence electrons. The van der Waals surface area contributed by atoms with Gasteiger partial charge in [-0.2, -0.15) is 11.8 Å². The van der Waals surface area contributed by atoms with Gasteiger partial charge in [0.25, 0.3) is 5.91 Å². The summed E-state index contributed by atoms with van der Waals surface area (Å²) in [5.41, 5.74) is 0.596. The van der Waals surface area contributed by atoms with Crippen LogP contribution >= 0.6 is 47.3 Å². The van der Waals surface area contributed by atoms with E-state index in [-0.39, 0.29) is 34.6 Å². The summed E-state index contributed by atoms with van der Waals surface area (Å²) in [6.07, 6.45) is 2.09. The molecular formula is C16H26ClIN4OS. The minimum Gasteiger partial charge on any atom is -0.355 e. The Hall–Kier alpha value is -0.670. The molecule has 1 aromatic carbocycles. The molecule has 3 N–H and O–H groups in total. The van der Waals surface area contributed by atoms with Crippen molar-refractivity contribution in [3.63, 3.8) is 0 Å². The molecule has 0 aliphatic carbocycles. The Labute approximate surface area is 170 Å². The lowest BCUT2D eigenvalue weighted by atomic mass is 10.2. The SMILES string of the molecule is CN=C(NCCNC(=O)c1ccc(Cl)cc1)NCC(C)(C)SC.I. The van der Waals surface area contributed by atoms with Crippen molar-refractivity contribution in [2.75, 3.05) is 32.9 Å². The third-order valence-corrected chi connectivity index (χ3v) is 4.77. The van der Waals surface area contributed by atoms with Gasteiger partial charge in [-0.15, -0.1) is 24.0 Å². The Morgan fingerprint density at radius 2 is 1.75 bits per heavy atom. The predicted molar refractivity (Wildman–Crippen MR) is 116 cm³/mol. The van der Waals surface area contributed by atoms with E-state index >= 15 is 0 Å². The first kappa shape index (κ1) is 23.3.